The van der Waals surface area contributed by atoms with E-state index in [0.717, 1.165) is 160 Å². The maximum Gasteiger partial charge on any atom is 0.341 e. The van der Waals surface area contributed by atoms with Crippen LogP contribution in [0.4, 0.5) is 85.3 Å². The van der Waals surface area contributed by atoms with Crippen molar-refractivity contribution >= 4 is 97.2 Å². The smallest absolute Gasteiger partial charge is 0.341 e. The molecule has 0 saturated carbocycles. The quantitative estimate of drug-likeness (QED) is 0.0180. The number of hydrogen-bond acceptors (Lipinski definition) is 20. The standard InChI is InChI=1S/C27H32N2O3.C27H34N2O2.C24H26N2O3.2C24H28N2O/c1-5-15-32-26(31)23-16-19(17-24(25(23)30)27(2,3)4)18-28-20-11-13-22(14-12-20)29-21-9-7-6-8-10-21;1-26(2,3)22-16-18(24(30)23(25(22)31)27(4,5)6)17-28-19-12-14-21(15-13-19)29-20-10-8-7-9-11-20;1-3-13-29-24(28)22-15-18(14-17(2)23(22)27)16-25-19-9-11-21(12-10-19)26-20-7-5-4-6-8-20;1-17-14-18(15-22(23(17)27)24(2,3)4)16-25-19-10-12-21(13-11-19)26-20-8-6-5-7-9-20;1-17-14-18(23(27)22(15-17)24(2,3)4)16-25-19-10-12-21(13-11-19)26-20-8-6-5-7-9-20/h6-14,16-17,28-30H,5,15,18H2,1-4H3;7-16,28-31H,17H2,1-6H3;4-12,14-15,25-27H,3,13,16H2,1-2H3;2*5-15,25-27H,16H2,1-4H3. The van der Waals surface area contributed by atoms with Crippen LogP contribution < -0.4 is 53.2 Å². The zero-order valence-corrected chi connectivity index (χ0v) is 88.4. The lowest BCUT2D eigenvalue weighted by Gasteiger charge is -2.29. The minimum absolute atomic E-state index is 0.00121. The summed E-state index contributed by atoms with van der Waals surface area (Å²) < 4.78 is 10.4. The number of carbonyl (C=O) groups is 2. The lowest BCUT2D eigenvalue weighted by molar-refractivity contribution is 0.0492. The number of nitrogens with one attached hydrogen (secondary N) is 10. The van der Waals surface area contributed by atoms with Crippen molar-refractivity contribution in [2.24, 2.45) is 0 Å². The molecule has 762 valence electrons. The first kappa shape index (κ1) is 110. The van der Waals surface area contributed by atoms with Gasteiger partial charge in [-0.2, -0.15) is 0 Å². The van der Waals surface area contributed by atoms with E-state index >= 15 is 0 Å². The van der Waals surface area contributed by atoms with Crippen LogP contribution in [0.2, 0.25) is 0 Å². The molecular formula is C126H148N10O10. The Morgan fingerprint density at radius 1 is 0.240 bits per heavy atom. The molecule has 0 bridgehead atoms. The fraction of sp³-hybridized carbons (Fsp3) is 0.270. The van der Waals surface area contributed by atoms with Gasteiger partial charge >= 0.3 is 11.9 Å². The van der Waals surface area contributed by atoms with Crippen molar-refractivity contribution in [2.75, 3.05) is 66.4 Å². The molecule has 0 fully saturated rings. The van der Waals surface area contributed by atoms with Crippen molar-refractivity contribution in [1.29, 1.82) is 0 Å². The molecule has 20 heteroatoms. The van der Waals surface area contributed by atoms with Crippen LogP contribution in [0.1, 0.15) is 224 Å². The average molecular weight is 1960 g/mol. The summed E-state index contributed by atoms with van der Waals surface area (Å²) >= 11 is 0. The summed E-state index contributed by atoms with van der Waals surface area (Å²) in [7, 11) is 0. The molecule has 146 heavy (non-hydrogen) atoms. The summed E-state index contributed by atoms with van der Waals surface area (Å²) in [6, 6.07) is 108. The van der Waals surface area contributed by atoms with E-state index in [-0.39, 0.29) is 61.2 Å². The maximum absolute atomic E-state index is 12.5. The van der Waals surface area contributed by atoms with Crippen LogP contribution in [0, 0.1) is 20.8 Å². The number of aryl methyl sites for hydroxylation is 3. The van der Waals surface area contributed by atoms with Crippen molar-refractivity contribution < 1.29 is 49.7 Å². The van der Waals surface area contributed by atoms with Crippen molar-refractivity contribution in [1.82, 2.24) is 0 Å². The summed E-state index contributed by atoms with van der Waals surface area (Å²) in [4.78, 5) is 24.7. The minimum atomic E-state index is -0.495. The third-order valence-corrected chi connectivity index (χ3v) is 24.1. The van der Waals surface area contributed by atoms with Gasteiger partial charge in [0.2, 0.25) is 0 Å². The number of aromatic hydroxyl groups is 6. The van der Waals surface area contributed by atoms with Crippen molar-refractivity contribution in [3.63, 3.8) is 0 Å². The molecule has 15 rings (SSSR count). The molecule has 0 aromatic heterocycles. The third kappa shape index (κ3) is 33.3. The lowest BCUT2D eigenvalue weighted by atomic mass is 9.77. The summed E-state index contributed by atoms with van der Waals surface area (Å²) in [5, 5.41) is 97.7. The molecule has 0 aliphatic heterocycles. The number of ether oxygens (including phenoxy) is 2. The topological polar surface area (TPSA) is 294 Å². The minimum Gasteiger partial charge on any atom is -0.507 e. The van der Waals surface area contributed by atoms with E-state index in [2.05, 4.69) is 159 Å². The molecule has 0 atom stereocenters. The molecular weight excluding hydrogens is 1810 g/mol. The van der Waals surface area contributed by atoms with Crippen molar-refractivity contribution in [3.8, 4) is 34.5 Å². The zero-order chi connectivity index (χ0) is 105. The van der Waals surface area contributed by atoms with E-state index in [9.17, 15) is 40.2 Å². The Morgan fingerprint density at radius 2 is 0.479 bits per heavy atom. The normalized spacial score (nSPS) is 11.2. The molecule has 0 spiro atoms. The predicted octanol–water partition coefficient (Wildman–Crippen LogP) is 32.0. The second kappa shape index (κ2) is 51.3. The Labute approximate surface area is 864 Å². The molecule has 0 amide bonds. The van der Waals surface area contributed by atoms with Gasteiger partial charge in [0, 0.05) is 146 Å². The monoisotopic (exact) mass is 1960 g/mol. The van der Waals surface area contributed by atoms with E-state index in [1.54, 1.807) is 19.1 Å². The molecule has 0 radical (unpaired) electrons. The van der Waals surface area contributed by atoms with Gasteiger partial charge in [0.15, 0.2) is 0 Å². The van der Waals surface area contributed by atoms with Gasteiger partial charge in [0.05, 0.1) is 13.2 Å². The number of hydrogen-bond donors (Lipinski definition) is 16. The van der Waals surface area contributed by atoms with Gasteiger partial charge in [-0.25, -0.2) is 9.59 Å². The van der Waals surface area contributed by atoms with Gasteiger partial charge in [0.1, 0.15) is 45.6 Å². The highest BCUT2D eigenvalue weighted by Gasteiger charge is 2.32. The van der Waals surface area contributed by atoms with Crippen molar-refractivity contribution in [3.05, 3.63) is 411 Å². The molecule has 0 unspecified atom stereocenters. The fourth-order valence-corrected chi connectivity index (χ4v) is 16.2. The number of anilines is 15. The maximum atomic E-state index is 12.5. The molecule has 16 N–H and O–H groups in total. The molecule has 0 aliphatic rings. The molecule has 0 saturated heterocycles. The van der Waals surface area contributed by atoms with E-state index < -0.39 is 11.9 Å². The Kier molecular flexibility index (Phi) is 38.8. The average Bonchev–Trinajstić information content (AvgIpc) is 0.760. The Balaban J connectivity index is 0.000000174. The number of phenols is 6. The Hall–Kier alpha value is -16.0. The van der Waals surface area contributed by atoms with E-state index in [0.29, 0.717) is 62.0 Å². The molecule has 15 aromatic rings. The first-order chi connectivity index (χ1) is 69.5. The lowest BCUT2D eigenvalue weighted by Crippen LogP contribution is -2.19. The van der Waals surface area contributed by atoms with Gasteiger partial charge in [-0.3, -0.25) is 0 Å². The van der Waals surface area contributed by atoms with Crippen LogP contribution in [-0.4, -0.2) is 55.8 Å². The highest BCUT2D eigenvalue weighted by Crippen LogP contribution is 2.47. The molecule has 0 aliphatic carbocycles. The number of esters is 2. The number of phenolic OH excluding ortho intramolecular Hbond substituents is 6. The largest absolute Gasteiger partial charge is 0.507 e. The number of para-hydroxylation sites is 5. The summed E-state index contributed by atoms with van der Waals surface area (Å²) in [6.07, 6.45) is 1.47. The highest BCUT2D eigenvalue weighted by molar-refractivity contribution is 5.94. The number of rotatable bonds is 31. The second-order valence-electron chi connectivity index (χ2n) is 41.8. The predicted molar refractivity (Wildman–Crippen MR) is 609 cm³/mol. The number of carbonyl (C=O) groups excluding carboxylic acids is 2. The van der Waals surface area contributed by atoms with Gasteiger partial charge in [-0.15, -0.1) is 0 Å². The van der Waals surface area contributed by atoms with Crippen molar-refractivity contribution in [2.45, 2.75) is 211 Å². The van der Waals surface area contributed by atoms with Crippen LogP contribution in [0.15, 0.2) is 328 Å². The van der Waals surface area contributed by atoms with Gasteiger partial charge in [-0.05, 0) is 312 Å². The van der Waals surface area contributed by atoms with E-state index in [1.807, 2.05) is 341 Å². The molecule has 0 heterocycles. The van der Waals surface area contributed by atoms with Crippen LogP contribution in [0.5, 0.6) is 34.5 Å². The summed E-state index contributed by atoms with van der Waals surface area (Å²) in [5.74, 6) is 0.138. The first-order valence-electron chi connectivity index (χ1n) is 50.0. The van der Waals surface area contributed by atoms with Crippen LogP contribution in [-0.2, 0) is 69.3 Å². The molecule has 15 aromatic carbocycles. The van der Waals surface area contributed by atoms with Gasteiger partial charge in [-0.1, -0.05) is 239 Å². The van der Waals surface area contributed by atoms with Crippen LogP contribution in [0.3, 0.4) is 0 Å². The number of benzene rings is 15. The third-order valence-electron chi connectivity index (χ3n) is 24.1. The Bertz CT molecular complexity index is 6690. The second-order valence-corrected chi connectivity index (χ2v) is 41.8. The Morgan fingerprint density at radius 3 is 0.774 bits per heavy atom. The van der Waals surface area contributed by atoms with Crippen LogP contribution >= 0.6 is 0 Å². The van der Waals surface area contributed by atoms with Gasteiger partial charge < -0.3 is 93.3 Å². The van der Waals surface area contributed by atoms with E-state index in [1.165, 1.54) is 5.56 Å². The first-order valence-corrected chi connectivity index (χ1v) is 50.0. The van der Waals surface area contributed by atoms with Crippen LogP contribution in [0.25, 0.3) is 0 Å². The zero-order valence-electron chi connectivity index (χ0n) is 88.4. The summed E-state index contributed by atoms with van der Waals surface area (Å²) in [5.41, 5.74) is 26.2. The summed E-state index contributed by atoms with van der Waals surface area (Å²) in [6.45, 7) is 44.1. The van der Waals surface area contributed by atoms with E-state index in [4.69, 9.17) is 9.47 Å². The molecule has 20 nitrogen and oxygen atoms in total. The highest BCUT2D eigenvalue weighted by atomic mass is 16.5. The SMILES string of the molecule is CC(C)(C)c1cc(CNc2ccc(Nc3ccccc3)cc2)c(O)c(C(C)(C)C)c1O.CCCOC(=O)c1cc(CNc2ccc(Nc3ccccc3)cc2)cc(C(C)(C)C)c1O.CCCOC(=O)c1cc(CNc2ccc(Nc3ccccc3)cc2)cc(C)c1O.Cc1cc(CNc2ccc(Nc3ccccc3)cc2)c(O)c(C(C)(C)C)c1.Cc1cc(CNc2ccc(Nc3ccccc3)cc2)cc(C(C)(C)C)c1O. The fourth-order valence-electron chi connectivity index (χ4n) is 16.2. The van der Waals surface area contributed by atoms with Gasteiger partial charge in [0.25, 0.3) is 0 Å².